The Morgan fingerprint density at radius 1 is 1.44 bits per heavy atom. The molecule has 0 saturated heterocycles. The van der Waals surface area contributed by atoms with Gasteiger partial charge in [0.1, 0.15) is 17.6 Å². The van der Waals surface area contributed by atoms with E-state index >= 15 is 0 Å². The van der Waals surface area contributed by atoms with Gasteiger partial charge in [-0.1, -0.05) is 12.1 Å². The van der Waals surface area contributed by atoms with Crippen LogP contribution < -0.4 is 4.74 Å². The van der Waals surface area contributed by atoms with Crippen molar-refractivity contribution in [2.45, 2.75) is 38.2 Å². The molecule has 3 rings (SSSR count). The number of fused-ring (bicyclic) bond motifs is 1. The lowest BCUT2D eigenvalue weighted by atomic mass is 9.94. The fourth-order valence-corrected chi connectivity index (χ4v) is 2.70. The number of benzene rings is 1. The minimum absolute atomic E-state index is 0.0933. The molecule has 2 nitrogen and oxygen atoms in total. The maximum Gasteiger partial charge on any atom is 0.123 e. The second-order valence-corrected chi connectivity index (χ2v) is 5.50. The maximum atomic E-state index is 10.7. The summed E-state index contributed by atoms with van der Waals surface area (Å²) in [5, 5.41) is 0. The van der Waals surface area contributed by atoms with Crippen LogP contribution in [0.1, 0.15) is 37.3 Å². The van der Waals surface area contributed by atoms with Gasteiger partial charge >= 0.3 is 0 Å². The lowest BCUT2D eigenvalue weighted by molar-refractivity contribution is -0.108. The Morgan fingerprint density at radius 3 is 2.94 bits per heavy atom. The summed E-state index contributed by atoms with van der Waals surface area (Å²) in [5.74, 6) is 1.71. The number of aldehydes is 1. The molecule has 2 heteroatoms. The van der Waals surface area contributed by atoms with Crippen molar-refractivity contribution in [1.82, 2.24) is 0 Å². The zero-order valence-electron chi connectivity index (χ0n) is 9.69. The molecule has 2 atom stereocenters. The molecule has 0 amide bonds. The molecular formula is C14H16O2. The molecule has 0 bridgehead atoms. The average Bonchev–Trinajstić information content (AvgIpc) is 2.92. The normalized spacial score (nSPS) is 29.4. The minimum Gasteiger partial charge on any atom is -0.487 e. The molecule has 1 aliphatic heterocycles. The zero-order valence-corrected chi connectivity index (χ0v) is 9.69. The Morgan fingerprint density at radius 2 is 2.25 bits per heavy atom. The summed E-state index contributed by atoms with van der Waals surface area (Å²) in [6.07, 6.45) is 3.06. The van der Waals surface area contributed by atoms with Crippen LogP contribution in [0, 0.1) is 5.92 Å². The highest BCUT2D eigenvalue weighted by molar-refractivity contribution is 5.63. The highest BCUT2D eigenvalue weighted by Gasteiger charge is 2.42. The van der Waals surface area contributed by atoms with Crippen molar-refractivity contribution < 1.29 is 9.53 Å². The van der Waals surface area contributed by atoms with Gasteiger partial charge in [0.2, 0.25) is 0 Å². The van der Waals surface area contributed by atoms with E-state index in [1.807, 2.05) is 12.1 Å². The van der Waals surface area contributed by atoms with Gasteiger partial charge in [-0.2, -0.15) is 0 Å². The predicted molar refractivity (Wildman–Crippen MR) is 61.8 cm³/mol. The number of carbonyl (C=O) groups excluding carboxylic acids is 1. The lowest BCUT2D eigenvalue weighted by Gasteiger charge is -2.16. The molecule has 1 aromatic rings. The van der Waals surface area contributed by atoms with Gasteiger partial charge in [-0.3, -0.25) is 0 Å². The quantitative estimate of drug-likeness (QED) is 0.710. The Hall–Kier alpha value is -1.31. The molecule has 2 aliphatic rings. The zero-order chi connectivity index (χ0) is 11.3. The van der Waals surface area contributed by atoms with Gasteiger partial charge in [-0.15, -0.1) is 0 Å². The van der Waals surface area contributed by atoms with Crippen molar-refractivity contribution in [3.63, 3.8) is 0 Å². The average molecular weight is 216 g/mol. The summed E-state index contributed by atoms with van der Waals surface area (Å²) >= 11 is 0. The van der Waals surface area contributed by atoms with Crippen LogP contribution in [0.4, 0.5) is 0 Å². The number of hydrogen-bond acceptors (Lipinski definition) is 2. The minimum atomic E-state index is -0.0933. The Balaban J connectivity index is 1.98. The van der Waals surface area contributed by atoms with Gasteiger partial charge in [0.05, 0.1) is 0 Å². The fourth-order valence-electron chi connectivity index (χ4n) is 2.70. The highest BCUT2D eigenvalue weighted by atomic mass is 16.5. The molecule has 1 fully saturated rings. The second-order valence-electron chi connectivity index (χ2n) is 5.50. The van der Waals surface area contributed by atoms with Crippen LogP contribution in [-0.4, -0.2) is 11.9 Å². The SMILES string of the molecule is CC1(C)Cc2c(cccc2[C@@H]2C[C@H]2C=O)O1. The molecule has 1 heterocycles. The third-order valence-electron chi connectivity index (χ3n) is 3.57. The molecule has 1 saturated carbocycles. The molecular weight excluding hydrogens is 200 g/mol. The van der Waals surface area contributed by atoms with Gasteiger partial charge in [0.25, 0.3) is 0 Å². The number of ether oxygens (including phenoxy) is 1. The largest absolute Gasteiger partial charge is 0.487 e. The smallest absolute Gasteiger partial charge is 0.123 e. The Bertz CT molecular complexity index is 448. The first-order valence-corrected chi connectivity index (χ1v) is 5.87. The van der Waals surface area contributed by atoms with Gasteiger partial charge in [0.15, 0.2) is 0 Å². The molecule has 0 spiro atoms. The van der Waals surface area contributed by atoms with Crippen LogP contribution >= 0.6 is 0 Å². The lowest BCUT2D eigenvalue weighted by Crippen LogP contribution is -2.24. The number of hydrogen-bond donors (Lipinski definition) is 0. The van der Waals surface area contributed by atoms with Crippen molar-refractivity contribution in [2.24, 2.45) is 5.92 Å². The standard InChI is InChI=1S/C14H16O2/c1-14(2)7-12-10(11-6-9(11)8-15)4-3-5-13(12)16-14/h3-5,8-9,11H,6-7H2,1-2H3/t9-,11+/m0/s1. The summed E-state index contributed by atoms with van der Waals surface area (Å²) in [6, 6.07) is 6.22. The first-order valence-electron chi connectivity index (χ1n) is 5.87. The Labute approximate surface area is 95.6 Å². The molecule has 16 heavy (non-hydrogen) atoms. The van der Waals surface area contributed by atoms with Crippen LogP contribution in [0.5, 0.6) is 5.75 Å². The third kappa shape index (κ3) is 1.44. The summed E-state index contributed by atoms with van der Waals surface area (Å²) < 4.78 is 5.89. The topological polar surface area (TPSA) is 26.3 Å². The van der Waals surface area contributed by atoms with Gasteiger partial charge in [-0.05, 0) is 37.8 Å². The van der Waals surface area contributed by atoms with Crippen LogP contribution in [0.25, 0.3) is 0 Å². The molecule has 0 aromatic heterocycles. The molecule has 1 aliphatic carbocycles. The van der Waals surface area contributed by atoms with Gasteiger partial charge in [-0.25, -0.2) is 0 Å². The maximum absolute atomic E-state index is 10.7. The van der Waals surface area contributed by atoms with Crippen molar-refractivity contribution >= 4 is 6.29 Å². The third-order valence-corrected chi connectivity index (χ3v) is 3.57. The molecule has 0 unspecified atom stereocenters. The molecule has 0 N–H and O–H groups in total. The van der Waals surface area contributed by atoms with Crippen molar-refractivity contribution in [1.29, 1.82) is 0 Å². The Kier molecular flexibility index (Phi) is 1.91. The summed E-state index contributed by atoms with van der Waals surface area (Å²) in [7, 11) is 0. The first kappa shape index (κ1) is 9.88. The van der Waals surface area contributed by atoms with E-state index in [9.17, 15) is 4.79 Å². The summed E-state index contributed by atoms with van der Waals surface area (Å²) in [6.45, 7) is 4.22. The van der Waals surface area contributed by atoms with E-state index in [0.29, 0.717) is 5.92 Å². The number of rotatable bonds is 2. The predicted octanol–water partition coefficient (Wildman–Crippen LogP) is 2.70. The van der Waals surface area contributed by atoms with E-state index in [-0.39, 0.29) is 11.5 Å². The van der Waals surface area contributed by atoms with E-state index in [2.05, 4.69) is 19.9 Å². The second kappa shape index (κ2) is 3.09. The van der Waals surface area contributed by atoms with Gasteiger partial charge < -0.3 is 9.53 Å². The van der Waals surface area contributed by atoms with Gasteiger partial charge in [0, 0.05) is 17.9 Å². The summed E-state index contributed by atoms with van der Waals surface area (Å²) in [5.41, 5.74) is 2.56. The fraction of sp³-hybridized carbons (Fsp3) is 0.500. The van der Waals surface area contributed by atoms with E-state index < -0.39 is 0 Å². The molecule has 84 valence electrons. The van der Waals surface area contributed by atoms with Crippen LogP contribution in [0.3, 0.4) is 0 Å². The van der Waals surface area contributed by atoms with Crippen LogP contribution in [0.2, 0.25) is 0 Å². The molecule has 1 aromatic carbocycles. The van der Waals surface area contributed by atoms with E-state index in [1.54, 1.807) is 0 Å². The summed E-state index contributed by atoms with van der Waals surface area (Å²) in [4.78, 5) is 10.7. The van der Waals surface area contributed by atoms with Crippen molar-refractivity contribution in [3.05, 3.63) is 29.3 Å². The first-order chi connectivity index (χ1) is 7.61. The monoisotopic (exact) mass is 216 g/mol. The van der Waals surface area contributed by atoms with Crippen molar-refractivity contribution in [2.75, 3.05) is 0 Å². The highest BCUT2D eigenvalue weighted by Crippen LogP contribution is 2.50. The van der Waals surface area contributed by atoms with E-state index in [0.717, 1.165) is 24.9 Å². The van der Waals surface area contributed by atoms with E-state index in [1.165, 1.54) is 11.1 Å². The van der Waals surface area contributed by atoms with Crippen LogP contribution in [-0.2, 0) is 11.2 Å². The molecule has 0 radical (unpaired) electrons. The van der Waals surface area contributed by atoms with Crippen molar-refractivity contribution in [3.8, 4) is 5.75 Å². The van der Waals surface area contributed by atoms with Crippen LogP contribution in [0.15, 0.2) is 18.2 Å². The number of carbonyl (C=O) groups is 1. The van der Waals surface area contributed by atoms with E-state index in [4.69, 9.17) is 4.74 Å².